The Hall–Kier alpha value is -3.25. The second kappa shape index (κ2) is 8.91. The van der Waals surface area contributed by atoms with Gasteiger partial charge in [-0.2, -0.15) is 0 Å². The number of hydrogen-bond donors (Lipinski definition) is 2. The topological polar surface area (TPSA) is 50.4 Å². The summed E-state index contributed by atoms with van der Waals surface area (Å²) < 4.78 is 18.4. The van der Waals surface area contributed by atoms with E-state index in [4.69, 9.17) is 17.0 Å². The molecule has 0 heterocycles. The molecule has 27 heavy (non-hydrogen) atoms. The van der Waals surface area contributed by atoms with Crippen molar-refractivity contribution in [3.8, 4) is 16.9 Å². The highest BCUT2D eigenvalue weighted by Gasteiger charge is 2.06. The maximum absolute atomic E-state index is 13.0. The van der Waals surface area contributed by atoms with Crippen molar-refractivity contribution in [3.63, 3.8) is 0 Å². The second-order valence-electron chi connectivity index (χ2n) is 5.69. The Morgan fingerprint density at radius 2 is 1.48 bits per heavy atom. The van der Waals surface area contributed by atoms with E-state index in [1.54, 1.807) is 24.3 Å². The molecule has 1 amide bonds. The van der Waals surface area contributed by atoms with Gasteiger partial charge in [0, 0.05) is 5.69 Å². The molecule has 3 aromatic rings. The van der Waals surface area contributed by atoms with E-state index in [1.807, 2.05) is 42.5 Å². The molecule has 4 nitrogen and oxygen atoms in total. The molecule has 0 radical (unpaired) electrons. The normalized spacial score (nSPS) is 10.1. The number of rotatable bonds is 5. The van der Waals surface area contributed by atoms with Crippen LogP contribution in [0.25, 0.3) is 11.1 Å². The third-order valence-corrected chi connectivity index (χ3v) is 3.89. The van der Waals surface area contributed by atoms with Crippen molar-refractivity contribution in [3.05, 3.63) is 84.7 Å². The Labute approximate surface area is 162 Å². The number of amides is 1. The SMILES string of the molecule is O=C(COc1ccccc1)NC(=S)Nc1ccc(-c2ccc(F)cc2)cc1. The first kappa shape index (κ1) is 18.5. The standard InChI is InChI=1S/C21H17FN2O2S/c22-17-10-6-15(7-11-17)16-8-12-18(13-9-16)23-21(27)24-20(25)14-26-19-4-2-1-3-5-19/h1-13H,14H2,(H2,23,24,25,27). The van der Waals surface area contributed by atoms with Gasteiger partial charge in [0.2, 0.25) is 0 Å². The molecule has 0 saturated heterocycles. The molecule has 0 aliphatic carbocycles. The maximum atomic E-state index is 13.0. The fourth-order valence-electron chi connectivity index (χ4n) is 2.38. The van der Waals surface area contributed by atoms with Crippen LogP contribution in [0.1, 0.15) is 0 Å². The van der Waals surface area contributed by atoms with Gasteiger partial charge < -0.3 is 10.1 Å². The molecule has 0 aromatic heterocycles. The highest BCUT2D eigenvalue weighted by atomic mass is 32.1. The van der Waals surface area contributed by atoms with Crippen LogP contribution in [-0.4, -0.2) is 17.6 Å². The van der Waals surface area contributed by atoms with Gasteiger partial charge in [0.25, 0.3) is 5.91 Å². The van der Waals surface area contributed by atoms with Gasteiger partial charge in [-0.25, -0.2) is 4.39 Å². The molecule has 2 N–H and O–H groups in total. The van der Waals surface area contributed by atoms with Gasteiger partial charge in [-0.15, -0.1) is 0 Å². The van der Waals surface area contributed by atoms with E-state index in [2.05, 4.69) is 10.6 Å². The molecule has 3 aromatic carbocycles. The van der Waals surface area contributed by atoms with Crippen LogP contribution < -0.4 is 15.4 Å². The average Bonchev–Trinajstić information content (AvgIpc) is 2.68. The minimum Gasteiger partial charge on any atom is -0.484 e. The Balaban J connectivity index is 1.50. The Bertz CT molecular complexity index is 913. The summed E-state index contributed by atoms with van der Waals surface area (Å²) in [4.78, 5) is 11.9. The molecule has 0 fully saturated rings. The van der Waals surface area contributed by atoms with E-state index in [9.17, 15) is 9.18 Å². The molecule has 0 aliphatic rings. The number of ether oxygens (including phenoxy) is 1. The molecule has 0 unspecified atom stereocenters. The number of carbonyl (C=O) groups is 1. The van der Waals surface area contributed by atoms with E-state index in [0.29, 0.717) is 5.75 Å². The molecule has 0 saturated carbocycles. The lowest BCUT2D eigenvalue weighted by atomic mass is 10.1. The van der Waals surface area contributed by atoms with E-state index >= 15 is 0 Å². The second-order valence-corrected chi connectivity index (χ2v) is 6.10. The summed E-state index contributed by atoms with van der Waals surface area (Å²) in [5.74, 6) is -0.00318. The number of anilines is 1. The molecule has 6 heteroatoms. The molecule has 3 rings (SSSR count). The summed E-state index contributed by atoms with van der Waals surface area (Å²) in [6.45, 7) is -0.130. The van der Waals surface area contributed by atoms with Crippen LogP contribution in [-0.2, 0) is 4.79 Å². The highest BCUT2D eigenvalue weighted by Crippen LogP contribution is 2.21. The quantitative estimate of drug-likeness (QED) is 0.645. The van der Waals surface area contributed by atoms with E-state index < -0.39 is 0 Å². The Morgan fingerprint density at radius 1 is 0.889 bits per heavy atom. The van der Waals surface area contributed by atoms with Crippen molar-refractivity contribution in [2.45, 2.75) is 0 Å². The Morgan fingerprint density at radius 3 is 2.11 bits per heavy atom. The van der Waals surface area contributed by atoms with Gasteiger partial charge in [-0.1, -0.05) is 42.5 Å². The van der Waals surface area contributed by atoms with E-state index in [0.717, 1.165) is 16.8 Å². The molecule has 0 spiro atoms. The van der Waals surface area contributed by atoms with Crippen LogP contribution in [0, 0.1) is 5.82 Å². The summed E-state index contributed by atoms with van der Waals surface area (Å²) in [5, 5.41) is 5.69. The first-order valence-corrected chi connectivity index (χ1v) is 8.66. The van der Waals surface area contributed by atoms with Crippen molar-refractivity contribution in [2.75, 3.05) is 11.9 Å². The first-order chi connectivity index (χ1) is 13.1. The highest BCUT2D eigenvalue weighted by molar-refractivity contribution is 7.80. The zero-order valence-corrected chi connectivity index (χ0v) is 15.1. The molecule has 0 aliphatic heterocycles. The third-order valence-electron chi connectivity index (χ3n) is 3.69. The number of halogens is 1. The van der Waals surface area contributed by atoms with E-state index in [-0.39, 0.29) is 23.4 Å². The molecule has 0 atom stereocenters. The van der Waals surface area contributed by atoms with Gasteiger partial charge in [0.15, 0.2) is 11.7 Å². The van der Waals surface area contributed by atoms with Gasteiger partial charge in [0.1, 0.15) is 11.6 Å². The number of nitrogens with one attached hydrogen (secondary N) is 2. The first-order valence-electron chi connectivity index (χ1n) is 8.25. The summed E-state index contributed by atoms with van der Waals surface area (Å²) in [5.41, 5.74) is 2.60. The van der Waals surface area contributed by atoms with Gasteiger partial charge >= 0.3 is 0 Å². The summed E-state index contributed by atoms with van der Waals surface area (Å²) in [7, 11) is 0. The van der Waals surface area contributed by atoms with Crippen molar-refractivity contribution >= 4 is 28.9 Å². The number of thiocarbonyl (C=S) groups is 1. The number of hydrogen-bond acceptors (Lipinski definition) is 3. The van der Waals surface area contributed by atoms with Gasteiger partial charge in [-0.05, 0) is 59.7 Å². The van der Waals surface area contributed by atoms with Crippen LogP contribution in [0.4, 0.5) is 10.1 Å². The van der Waals surface area contributed by atoms with Crippen molar-refractivity contribution in [2.24, 2.45) is 0 Å². The monoisotopic (exact) mass is 380 g/mol. The van der Waals surface area contributed by atoms with Gasteiger partial charge in [-0.3, -0.25) is 10.1 Å². The third kappa shape index (κ3) is 5.62. The Kier molecular flexibility index (Phi) is 6.12. The number of benzene rings is 3. The lowest BCUT2D eigenvalue weighted by Crippen LogP contribution is -2.37. The average molecular weight is 380 g/mol. The minimum atomic E-state index is -0.348. The zero-order valence-electron chi connectivity index (χ0n) is 14.3. The van der Waals surface area contributed by atoms with E-state index in [1.165, 1.54) is 12.1 Å². The van der Waals surface area contributed by atoms with Gasteiger partial charge in [0.05, 0.1) is 0 Å². The fraction of sp³-hybridized carbons (Fsp3) is 0.0476. The lowest BCUT2D eigenvalue weighted by molar-refractivity contribution is -0.121. The largest absolute Gasteiger partial charge is 0.484 e. The van der Waals surface area contributed by atoms with Crippen LogP contribution >= 0.6 is 12.2 Å². The lowest BCUT2D eigenvalue weighted by Gasteiger charge is -2.11. The summed E-state index contributed by atoms with van der Waals surface area (Å²) in [6.07, 6.45) is 0. The van der Waals surface area contributed by atoms with Crippen molar-refractivity contribution in [1.29, 1.82) is 0 Å². The number of para-hydroxylation sites is 1. The summed E-state index contributed by atoms with van der Waals surface area (Å²) in [6, 6.07) is 22.8. The van der Waals surface area contributed by atoms with Crippen LogP contribution in [0.2, 0.25) is 0 Å². The fourth-order valence-corrected chi connectivity index (χ4v) is 2.61. The maximum Gasteiger partial charge on any atom is 0.264 e. The zero-order chi connectivity index (χ0) is 19.1. The van der Waals surface area contributed by atoms with Crippen LogP contribution in [0.15, 0.2) is 78.9 Å². The number of carbonyl (C=O) groups excluding carboxylic acids is 1. The minimum absolute atomic E-state index is 0.130. The smallest absolute Gasteiger partial charge is 0.264 e. The van der Waals surface area contributed by atoms with Crippen LogP contribution in [0.5, 0.6) is 5.75 Å². The van der Waals surface area contributed by atoms with Crippen molar-refractivity contribution in [1.82, 2.24) is 5.32 Å². The molecular formula is C21H17FN2O2S. The predicted octanol–water partition coefficient (Wildman–Crippen LogP) is 4.38. The molecule has 0 bridgehead atoms. The summed E-state index contributed by atoms with van der Waals surface area (Å²) >= 11 is 5.14. The molecule has 136 valence electrons. The van der Waals surface area contributed by atoms with Crippen LogP contribution in [0.3, 0.4) is 0 Å². The molecular weight excluding hydrogens is 363 g/mol. The predicted molar refractivity (Wildman–Crippen MR) is 108 cm³/mol. The van der Waals surface area contributed by atoms with Crippen molar-refractivity contribution < 1.29 is 13.9 Å².